The van der Waals surface area contributed by atoms with Gasteiger partial charge in [0.05, 0.1) is 5.52 Å². The molecule has 0 aliphatic rings. The van der Waals surface area contributed by atoms with Crippen molar-refractivity contribution >= 4 is 44.3 Å². The van der Waals surface area contributed by atoms with Crippen molar-refractivity contribution in [2.45, 2.75) is 13.8 Å². The maximum absolute atomic E-state index is 6.00. The standard InChI is InChI=1S/C12H12BrClN2/c1-3-15-12-7(2)4-8-5-9(14)6-10(13)11(8)16-12/h4-6H,3H2,1-2H3,(H,15,16). The Hall–Kier alpha value is -0.800. The van der Waals surface area contributed by atoms with E-state index in [2.05, 4.69) is 39.2 Å². The number of aryl methyl sites for hydroxylation is 1. The maximum Gasteiger partial charge on any atom is 0.129 e. The van der Waals surface area contributed by atoms with Crippen molar-refractivity contribution in [1.82, 2.24) is 4.98 Å². The zero-order valence-electron chi connectivity index (χ0n) is 9.14. The van der Waals surface area contributed by atoms with Crippen LogP contribution in [0.5, 0.6) is 0 Å². The lowest BCUT2D eigenvalue weighted by Gasteiger charge is -2.09. The Balaban J connectivity index is 2.69. The van der Waals surface area contributed by atoms with E-state index in [9.17, 15) is 0 Å². The summed E-state index contributed by atoms with van der Waals surface area (Å²) in [5, 5.41) is 5.02. The number of pyridine rings is 1. The highest BCUT2D eigenvalue weighted by molar-refractivity contribution is 9.10. The predicted molar refractivity (Wildman–Crippen MR) is 73.4 cm³/mol. The fraction of sp³-hybridized carbons (Fsp3) is 0.250. The first-order valence-corrected chi connectivity index (χ1v) is 6.29. The van der Waals surface area contributed by atoms with Gasteiger partial charge in [0.2, 0.25) is 0 Å². The Bertz CT molecular complexity index is 540. The quantitative estimate of drug-likeness (QED) is 0.889. The van der Waals surface area contributed by atoms with Gasteiger partial charge in [0.25, 0.3) is 0 Å². The molecule has 84 valence electrons. The second-order valence-corrected chi connectivity index (χ2v) is 4.93. The van der Waals surface area contributed by atoms with Crippen LogP contribution in [0.2, 0.25) is 5.02 Å². The van der Waals surface area contributed by atoms with Crippen LogP contribution in [0.3, 0.4) is 0 Å². The summed E-state index contributed by atoms with van der Waals surface area (Å²) in [6, 6.07) is 5.89. The van der Waals surface area contributed by atoms with E-state index in [-0.39, 0.29) is 0 Å². The summed E-state index contributed by atoms with van der Waals surface area (Å²) < 4.78 is 0.925. The lowest BCUT2D eigenvalue weighted by atomic mass is 10.1. The van der Waals surface area contributed by atoms with Gasteiger partial charge in [-0.25, -0.2) is 4.98 Å². The topological polar surface area (TPSA) is 24.9 Å². The summed E-state index contributed by atoms with van der Waals surface area (Å²) >= 11 is 9.49. The number of rotatable bonds is 2. The summed E-state index contributed by atoms with van der Waals surface area (Å²) in [4.78, 5) is 4.59. The first kappa shape index (κ1) is 11.7. The van der Waals surface area contributed by atoms with Gasteiger partial charge in [-0.2, -0.15) is 0 Å². The van der Waals surface area contributed by atoms with E-state index in [0.717, 1.165) is 38.3 Å². The monoisotopic (exact) mass is 298 g/mol. The minimum atomic E-state index is 0.719. The van der Waals surface area contributed by atoms with Crippen LogP contribution in [0.25, 0.3) is 10.9 Å². The second-order valence-electron chi connectivity index (χ2n) is 3.64. The molecule has 0 saturated heterocycles. The van der Waals surface area contributed by atoms with E-state index in [1.165, 1.54) is 0 Å². The number of halogens is 2. The maximum atomic E-state index is 6.00. The van der Waals surface area contributed by atoms with E-state index >= 15 is 0 Å². The number of nitrogens with zero attached hydrogens (tertiary/aromatic N) is 1. The summed E-state index contributed by atoms with van der Waals surface area (Å²) in [7, 11) is 0. The summed E-state index contributed by atoms with van der Waals surface area (Å²) in [5.41, 5.74) is 2.06. The molecule has 0 saturated carbocycles. The average Bonchev–Trinajstić information content (AvgIpc) is 2.20. The minimum Gasteiger partial charge on any atom is -0.370 e. The third-order valence-corrected chi connectivity index (χ3v) is 3.19. The van der Waals surface area contributed by atoms with Crippen molar-refractivity contribution in [3.63, 3.8) is 0 Å². The Morgan fingerprint density at radius 2 is 2.12 bits per heavy atom. The Morgan fingerprint density at radius 1 is 1.38 bits per heavy atom. The van der Waals surface area contributed by atoms with Crippen molar-refractivity contribution in [2.75, 3.05) is 11.9 Å². The largest absolute Gasteiger partial charge is 0.370 e. The van der Waals surface area contributed by atoms with Gasteiger partial charge >= 0.3 is 0 Å². The molecule has 0 amide bonds. The lowest BCUT2D eigenvalue weighted by molar-refractivity contribution is 1.16. The normalized spacial score (nSPS) is 10.8. The van der Waals surface area contributed by atoms with Gasteiger partial charge in [0, 0.05) is 21.4 Å². The molecule has 0 bridgehead atoms. The van der Waals surface area contributed by atoms with Gasteiger partial charge in [0.1, 0.15) is 5.82 Å². The van der Waals surface area contributed by atoms with E-state index in [4.69, 9.17) is 11.6 Å². The molecule has 0 spiro atoms. The number of anilines is 1. The van der Waals surface area contributed by atoms with Crippen molar-refractivity contribution in [1.29, 1.82) is 0 Å². The highest BCUT2D eigenvalue weighted by Crippen LogP contribution is 2.29. The zero-order chi connectivity index (χ0) is 11.7. The Morgan fingerprint density at radius 3 is 2.81 bits per heavy atom. The highest BCUT2D eigenvalue weighted by atomic mass is 79.9. The van der Waals surface area contributed by atoms with Gasteiger partial charge in [0.15, 0.2) is 0 Å². The molecule has 2 aromatic rings. The molecule has 16 heavy (non-hydrogen) atoms. The predicted octanol–water partition coefficient (Wildman–Crippen LogP) is 4.39. The molecule has 0 unspecified atom stereocenters. The minimum absolute atomic E-state index is 0.719. The molecule has 2 nitrogen and oxygen atoms in total. The molecule has 0 aliphatic carbocycles. The third kappa shape index (κ3) is 2.15. The van der Waals surface area contributed by atoms with Gasteiger partial charge in [-0.15, -0.1) is 0 Å². The third-order valence-electron chi connectivity index (χ3n) is 2.37. The molecule has 2 rings (SSSR count). The van der Waals surface area contributed by atoms with E-state index < -0.39 is 0 Å². The first-order valence-electron chi connectivity index (χ1n) is 5.12. The fourth-order valence-electron chi connectivity index (χ4n) is 1.66. The molecule has 1 aromatic heterocycles. The molecule has 0 atom stereocenters. The van der Waals surface area contributed by atoms with E-state index in [0.29, 0.717) is 0 Å². The molecule has 1 N–H and O–H groups in total. The fourth-order valence-corrected chi connectivity index (χ4v) is 2.58. The van der Waals surface area contributed by atoms with Crippen molar-refractivity contribution in [3.8, 4) is 0 Å². The van der Waals surface area contributed by atoms with Crippen LogP contribution in [-0.2, 0) is 0 Å². The van der Waals surface area contributed by atoms with Crippen LogP contribution in [-0.4, -0.2) is 11.5 Å². The summed E-state index contributed by atoms with van der Waals surface area (Å²) in [6.45, 7) is 4.96. The van der Waals surface area contributed by atoms with Crippen LogP contribution in [0.1, 0.15) is 12.5 Å². The first-order chi connectivity index (χ1) is 7.61. The smallest absolute Gasteiger partial charge is 0.129 e. The molecule has 0 radical (unpaired) electrons. The van der Waals surface area contributed by atoms with Crippen molar-refractivity contribution in [2.24, 2.45) is 0 Å². The molecular weight excluding hydrogens is 288 g/mol. The van der Waals surface area contributed by atoms with Gasteiger partial charge in [-0.3, -0.25) is 0 Å². The average molecular weight is 300 g/mol. The van der Waals surface area contributed by atoms with Crippen LogP contribution in [0.15, 0.2) is 22.7 Å². The number of benzene rings is 1. The molecule has 1 aromatic carbocycles. The number of aromatic nitrogens is 1. The number of nitrogens with one attached hydrogen (secondary N) is 1. The van der Waals surface area contributed by atoms with Crippen molar-refractivity contribution < 1.29 is 0 Å². The number of hydrogen-bond acceptors (Lipinski definition) is 2. The molecule has 1 heterocycles. The van der Waals surface area contributed by atoms with Crippen LogP contribution >= 0.6 is 27.5 Å². The van der Waals surface area contributed by atoms with Crippen LogP contribution in [0, 0.1) is 6.92 Å². The Labute approximate surface area is 108 Å². The lowest BCUT2D eigenvalue weighted by Crippen LogP contribution is -2.01. The highest BCUT2D eigenvalue weighted by Gasteiger charge is 2.06. The van der Waals surface area contributed by atoms with Crippen LogP contribution in [0.4, 0.5) is 5.82 Å². The summed E-state index contributed by atoms with van der Waals surface area (Å²) in [5.74, 6) is 0.929. The zero-order valence-corrected chi connectivity index (χ0v) is 11.5. The number of hydrogen-bond donors (Lipinski definition) is 1. The number of fused-ring (bicyclic) bond motifs is 1. The second kappa shape index (κ2) is 4.60. The SMILES string of the molecule is CCNc1nc2c(Br)cc(Cl)cc2cc1C. The van der Waals surface area contributed by atoms with Gasteiger partial charge in [-0.1, -0.05) is 11.6 Å². The van der Waals surface area contributed by atoms with Gasteiger partial charge in [-0.05, 0) is 53.5 Å². The summed E-state index contributed by atoms with van der Waals surface area (Å²) in [6.07, 6.45) is 0. The van der Waals surface area contributed by atoms with Crippen LogP contribution < -0.4 is 5.32 Å². The van der Waals surface area contributed by atoms with E-state index in [1.54, 1.807) is 0 Å². The molecule has 4 heteroatoms. The Kier molecular flexibility index (Phi) is 3.36. The molecule has 0 aliphatic heterocycles. The molecular formula is C12H12BrClN2. The van der Waals surface area contributed by atoms with E-state index in [1.807, 2.05) is 19.1 Å². The van der Waals surface area contributed by atoms with Crippen molar-refractivity contribution in [3.05, 3.63) is 33.3 Å². The molecule has 0 fully saturated rings. The van der Waals surface area contributed by atoms with Gasteiger partial charge < -0.3 is 5.32 Å².